The van der Waals surface area contributed by atoms with Gasteiger partial charge in [-0.25, -0.2) is 4.98 Å². The van der Waals surface area contributed by atoms with E-state index in [1.54, 1.807) is 13.3 Å². The highest BCUT2D eigenvalue weighted by atomic mass is 35.5. The minimum Gasteiger partial charge on any atom is -0.493 e. The molecule has 6 heteroatoms. The first-order valence-corrected chi connectivity index (χ1v) is 7.01. The summed E-state index contributed by atoms with van der Waals surface area (Å²) in [6.07, 6.45) is 5.58. The van der Waals surface area contributed by atoms with Crippen molar-refractivity contribution in [3.8, 4) is 5.75 Å². The van der Waals surface area contributed by atoms with Crippen LogP contribution >= 0.6 is 12.4 Å². The van der Waals surface area contributed by atoms with Crippen molar-refractivity contribution in [2.24, 2.45) is 0 Å². The second-order valence-electron chi connectivity index (χ2n) is 5.13. The van der Waals surface area contributed by atoms with E-state index in [2.05, 4.69) is 27.9 Å². The van der Waals surface area contributed by atoms with Gasteiger partial charge in [0.2, 0.25) is 0 Å². The molecule has 0 aliphatic heterocycles. The van der Waals surface area contributed by atoms with Crippen molar-refractivity contribution in [1.82, 2.24) is 14.9 Å². The standard InChI is InChI=1S/C16H19N3O2.ClH/c1-12(10-19-7-6-17-11-19)18-9-14-8-13-4-3-5-15(20-2)16(13)21-14;/h3-8,11-12,18H,9-10H2,1-2H3;1H. The second-order valence-corrected chi connectivity index (χ2v) is 5.13. The maximum atomic E-state index is 5.87. The molecule has 1 atom stereocenters. The maximum absolute atomic E-state index is 5.87. The largest absolute Gasteiger partial charge is 0.493 e. The summed E-state index contributed by atoms with van der Waals surface area (Å²) in [6.45, 7) is 3.71. The summed E-state index contributed by atoms with van der Waals surface area (Å²) >= 11 is 0. The molecule has 0 aliphatic carbocycles. The quantitative estimate of drug-likeness (QED) is 0.757. The Kier molecular flexibility index (Phi) is 5.46. The van der Waals surface area contributed by atoms with Crippen LogP contribution in [0.15, 0.2) is 47.4 Å². The van der Waals surface area contributed by atoms with Gasteiger partial charge in [-0.15, -0.1) is 12.4 Å². The zero-order valence-electron chi connectivity index (χ0n) is 12.7. The number of hydrogen-bond acceptors (Lipinski definition) is 4. The third-order valence-corrected chi connectivity index (χ3v) is 3.45. The Morgan fingerprint density at radius 1 is 1.41 bits per heavy atom. The number of rotatable bonds is 6. The van der Waals surface area contributed by atoms with Crippen LogP contribution in [0.4, 0.5) is 0 Å². The summed E-state index contributed by atoms with van der Waals surface area (Å²) in [5.74, 6) is 1.68. The number of furan rings is 1. The first-order valence-electron chi connectivity index (χ1n) is 7.01. The molecule has 0 bridgehead atoms. The number of aromatic nitrogens is 2. The molecule has 0 radical (unpaired) electrons. The third kappa shape index (κ3) is 3.61. The van der Waals surface area contributed by atoms with Crippen LogP contribution in [0.3, 0.4) is 0 Å². The Morgan fingerprint density at radius 3 is 3.00 bits per heavy atom. The number of benzene rings is 1. The van der Waals surface area contributed by atoms with E-state index in [-0.39, 0.29) is 12.4 Å². The zero-order valence-corrected chi connectivity index (χ0v) is 13.5. The molecule has 0 saturated carbocycles. The Hall–Kier alpha value is -1.98. The molecule has 118 valence electrons. The molecule has 3 rings (SSSR count). The van der Waals surface area contributed by atoms with Gasteiger partial charge < -0.3 is 19.0 Å². The van der Waals surface area contributed by atoms with E-state index >= 15 is 0 Å². The Morgan fingerprint density at radius 2 is 2.27 bits per heavy atom. The van der Waals surface area contributed by atoms with Gasteiger partial charge in [0.05, 0.1) is 20.0 Å². The van der Waals surface area contributed by atoms with Crippen LogP contribution in [0.5, 0.6) is 5.75 Å². The van der Waals surface area contributed by atoms with E-state index in [1.807, 2.05) is 30.7 Å². The molecule has 1 aromatic carbocycles. The normalized spacial score (nSPS) is 12.1. The molecule has 0 fully saturated rings. The van der Waals surface area contributed by atoms with Gasteiger partial charge >= 0.3 is 0 Å². The number of ether oxygens (including phenoxy) is 1. The van der Waals surface area contributed by atoms with Crippen LogP contribution in [0.25, 0.3) is 11.0 Å². The first kappa shape index (κ1) is 16.4. The van der Waals surface area contributed by atoms with E-state index in [4.69, 9.17) is 9.15 Å². The monoisotopic (exact) mass is 321 g/mol. The average molecular weight is 322 g/mol. The maximum Gasteiger partial charge on any atom is 0.176 e. The van der Waals surface area contributed by atoms with Gasteiger partial charge in [-0.1, -0.05) is 12.1 Å². The lowest BCUT2D eigenvalue weighted by Crippen LogP contribution is -2.29. The van der Waals surface area contributed by atoms with Crippen LogP contribution in [0.2, 0.25) is 0 Å². The molecule has 2 aromatic heterocycles. The lowest BCUT2D eigenvalue weighted by molar-refractivity contribution is 0.401. The average Bonchev–Trinajstić information content (AvgIpc) is 3.13. The smallest absolute Gasteiger partial charge is 0.176 e. The van der Waals surface area contributed by atoms with Crippen molar-refractivity contribution >= 4 is 23.4 Å². The van der Waals surface area contributed by atoms with Gasteiger partial charge in [0, 0.05) is 30.4 Å². The Bertz CT molecular complexity index is 709. The van der Waals surface area contributed by atoms with E-state index in [1.165, 1.54) is 0 Å². The predicted molar refractivity (Wildman–Crippen MR) is 88.5 cm³/mol. The number of imidazole rings is 1. The zero-order chi connectivity index (χ0) is 14.7. The van der Waals surface area contributed by atoms with Crippen LogP contribution in [0.1, 0.15) is 12.7 Å². The van der Waals surface area contributed by atoms with Gasteiger partial charge in [0.1, 0.15) is 5.76 Å². The number of fused-ring (bicyclic) bond motifs is 1. The number of nitrogens with zero attached hydrogens (tertiary/aromatic N) is 2. The summed E-state index contributed by atoms with van der Waals surface area (Å²) in [4.78, 5) is 4.04. The predicted octanol–water partition coefficient (Wildman–Crippen LogP) is 3.24. The Labute approximate surface area is 135 Å². The lowest BCUT2D eigenvalue weighted by atomic mass is 10.2. The van der Waals surface area contributed by atoms with E-state index in [9.17, 15) is 0 Å². The summed E-state index contributed by atoms with van der Waals surface area (Å²) in [5, 5.41) is 4.52. The van der Waals surface area contributed by atoms with Gasteiger partial charge in [-0.2, -0.15) is 0 Å². The lowest BCUT2D eigenvalue weighted by Gasteiger charge is -2.13. The van der Waals surface area contributed by atoms with Crippen LogP contribution in [0, 0.1) is 0 Å². The Balaban J connectivity index is 0.00000176. The topological polar surface area (TPSA) is 52.2 Å². The van der Waals surface area contributed by atoms with Crippen molar-refractivity contribution < 1.29 is 9.15 Å². The highest BCUT2D eigenvalue weighted by Crippen LogP contribution is 2.28. The van der Waals surface area contributed by atoms with Crippen LogP contribution < -0.4 is 10.1 Å². The number of para-hydroxylation sites is 1. The molecule has 5 nitrogen and oxygen atoms in total. The molecule has 0 spiro atoms. The highest BCUT2D eigenvalue weighted by molar-refractivity contribution is 5.85. The molecule has 22 heavy (non-hydrogen) atoms. The second kappa shape index (κ2) is 7.33. The number of halogens is 1. The van der Waals surface area contributed by atoms with Crippen LogP contribution in [-0.4, -0.2) is 22.7 Å². The van der Waals surface area contributed by atoms with E-state index in [0.717, 1.165) is 29.0 Å². The first-order chi connectivity index (χ1) is 10.3. The number of hydrogen-bond donors (Lipinski definition) is 1. The van der Waals surface area contributed by atoms with Gasteiger partial charge in [0.15, 0.2) is 11.3 Å². The highest BCUT2D eigenvalue weighted by Gasteiger charge is 2.09. The molecule has 0 amide bonds. The summed E-state index contributed by atoms with van der Waals surface area (Å²) < 4.78 is 13.2. The van der Waals surface area contributed by atoms with Crippen molar-refractivity contribution in [2.75, 3.05) is 7.11 Å². The molecule has 2 heterocycles. The molecular formula is C16H20ClN3O2. The van der Waals surface area contributed by atoms with Gasteiger partial charge in [-0.05, 0) is 19.1 Å². The number of methoxy groups -OCH3 is 1. The fourth-order valence-corrected chi connectivity index (χ4v) is 2.39. The fraction of sp³-hybridized carbons (Fsp3) is 0.312. The third-order valence-electron chi connectivity index (χ3n) is 3.45. The number of nitrogens with one attached hydrogen (secondary N) is 1. The molecule has 1 N–H and O–H groups in total. The van der Waals surface area contributed by atoms with Gasteiger partial charge in [-0.3, -0.25) is 0 Å². The molecule has 1 unspecified atom stereocenters. The molecular weight excluding hydrogens is 302 g/mol. The SMILES string of the molecule is COc1cccc2cc(CNC(C)Cn3ccnc3)oc12.Cl. The summed E-state index contributed by atoms with van der Waals surface area (Å²) in [6, 6.07) is 8.28. The van der Waals surface area contributed by atoms with Crippen LogP contribution in [-0.2, 0) is 13.1 Å². The molecule has 3 aromatic rings. The summed E-state index contributed by atoms with van der Waals surface area (Å²) in [7, 11) is 1.66. The molecule has 0 saturated heterocycles. The minimum atomic E-state index is 0. The fourth-order valence-electron chi connectivity index (χ4n) is 2.39. The van der Waals surface area contributed by atoms with Crippen molar-refractivity contribution in [1.29, 1.82) is 0 Å². The van der Waals surface area contributed by atoms with Gasteiger partial charge in [0.25, 0.3) is 0 Å². The van der Waals surface area contributed by atoms with Crippen molar-refractivity contribution in [2.45, 2.75) is 26.1 Å². The van der Waals surface area contributed by atoms with Crippen molar-refractivity contribution in [3.05, 3.63) is 48.7 Å². The van der Waals surface area contributed by atoms with Crippen molar-refractivity contribution in [3.63, 3.8) is 0 Å². The molecule has 0 aliphatic rings. The van der Waals surface area contributed by atoms with E-state index < -0.39 is 0 Å². The summed E-state index contributed by atoms with van der Waals surface area (Å²) in [5.41, 5.74) is 0.805. The minimum absolute atomic E-state index is 0. The van der Waals surface area contributed by atoms with E-state index in [0.29, 0.717) is 12.6 Å².